The average molecular weight is 778 g/mol. The van der Waals surface area contributed by atoms with Gasteiger partial charge in [-0.1, -0.05) is 30.2 Å². The third-order valence-electron chi connectivity index (χ3n) is 0. The molecule has 0 rings (SSSR count). The molecule has 30 heavy (non-hydrogen) atoms. The van der Waals surface area contributed by atoms with E-state index in [1.807, 2.05) is 0 Å². The maximum absolute atomic E-state index is 4.66. The van der Waals surface area contributed by atoms with Gasteiger partial charge in [-0.25, -0.2) is 0 Å². The second-order valence-electron chi connectivity index (χ2n) is 2.23. The summed E-state index contributed by atoms with van der Waals surface area (Å²) in [5.74, 6) is 0. The van der Waals surface area contributed by atoms with Gasteiger partial charge in [-0.15, -0.1) is 0 Å². The molecule has 0 saturated heterocycles. The maximum atomic E-state index is 4.66. The summed E-state index contributed by atoms with van der Waals surface area (Å²) in [6.45, 7) is 0. The molecule has 0 aromatic rings. The quantitative estimate of drug-likeness (QED) is 0.0603. The van der Waals surface area contributed by atoms with E-state index in [1.165, 1.54) is 0 Å². The minimum atomic E-state index is 0. The number of rotatable bonds is 0. The summed E-state index contributed by atoms with van der Waals surface area (Å²) in [5, 5.41) is 0. The van der Waals surface area contributed by atoms with Gasteiger partial charge in [0.1, 0.15) is 0 Å². The Kier molecular flexibility index (Phi) is 102. The second kappa shape index (κ2) is 52.7. The van der Waals surface area contributed by atoms with Crippen LogP contribution in [0.15, 0.2) is 0 Å². The number of hydrogen-bond donors (Lipinski definition) is 7. The van der Waals surface area contributed by atoms with E-state index >= 15 is 0 Å². The summed E-state index contributed by atoms with van der Waals surface area (Å²) in [6, 6.07) is 0. The van der Waals surface area contributed by atoms with Crippen LogP contribution in [0.25, 0.3) is 0 Å². The average Bonchev–Trinajstić information content (AvgIpc) is 2.20. The summed E-state index contributed by atoms with van der Waals surface area (Å²) in [5.41, 5.74) is 32.6. The first-order valence-corrected chi connectivity index (χ1v) is 10.6. The van der Waals surface area contributed by atoms with Crippen molar-refractivity contribution >= 4 is 214 Å². The SMILES string of the molecule is NC(=S)[S-].NC(=S)[S-].NC(=S)[S-].NC(=S)[S-].NC(=S)[S-].NC(=S)[S-].NC(=S)[S-].[Mo+4].[PH6+3]. The molecular weight excluding hydrogens is 758 g/mol. The molecule has 0 aliphatic carbocycles. The van der Waals surface area contributed by atoms with Gasteiger partial charge in [-0.3, -0.25) is 9.90 Å². The van der Waals surface area contributed by atoms with E-state index in [9.17, 15) is 0 Å². The molecule has 0 aliphatic rings. The van der Waals surface area contributed by atoms with Crippen molar-refractivity contribution in [2.75, 3.05) is 0 Å². The van der Waals surface area contributed by atoms with E-state index in [4.69, 9.17) is 0 Å². The van der Waals surface area contributed by atoms with Crippen molar-refractivity contribution in [3.05, 3.63) is 0 Å². The normalized spacial score (nSPS) is 5.60. The molecule has 178 valence electrons. The number of nitrogens with two attached hydrogens (primary N) is 7. The molecule has 23 heteroatoms. The van der Waals surface area contributed by atoms with Crippen LogP contribution in [0.5, 0.6) is 0 Å². The van der Waals surface area contributed by atoms with Crippen LogP contribution in [0.3, 0.4) is 0 Å². The first kappa shape index (κ1) is 58.1. The summed E-state index contributed by atoms with van der Waals surface area (Å²) in [6.07, 6.45) is 0. The van der Waals surface area contributed by atoms with Crippen molar-refractivity contribution < 1.29 is 21.1 Å². The van der Waals surface area contributed by atoms with Gasteiger partial charge in [-0.2, -0.15) is 0 Å². The Morgan fingerprint density at radius 2 is 0.333 bits per heavy atom. The molecule has 0 aromatic carbocycles. The van der Waals surface area contributed by atoms with Gasteiger partial charge in [0.15, 0.2) is 0 Å². The Hall–Kier alpha value is 1.89. The molecule has 0 aliphatic heterocycles. The predicted octanol–water partition coefficient (Wildman–Crippen LogP) is -2.31. The van der Waals surface area contributed by atoms with Gasteiger partial charge in [0.2, 0.25) is 0 Å². The molecule has 14 N–H and O–H groups in total. The Balaban J connectivity index is -0.0000000242. The van der Waals surface area contributed by atoms with Gasteiger partial charge in [0, 0.05) is 0 Å². The number of thiocarbonyl (C=S) groups is 7. The predicted molar refractivity (Wildman–Crippen MR) is 184 cm³/mol. The first-order chi connectivity index (χ1) is 12.1. The van der Waals surface area contributed by atoms with Crippen LogP contribution >= 0.6 is 95.4 Å². The molecular formula is C7H20MoN7PS14. The van der Waals surface area contributed by atoms with Gasteiger partial charge >= 0.3 is 21.1 Å². The minimum Gasteiger partial charge on any atom is -0.415 e. The molecule has 0 spiro atoms. The van der Waals surface area contributed by atoms with E-state index < -0.39 is 0 Å². The topological polar surface area (TPSA) is 182 Å². The Morgan fingerprint density at radius 3 is 0.333 bits per heavy atom. The summed E-state index contributed by atoms with van der Waals surface area (Å²) in [7, 11) is 0. The van der Waals surface area contributed by atoms with Gasteiger partial charge in [0.25, 0.3) is 0 Å². The molecule has 0 radical (unpaired) electrons. The van der Waals surface area contributed by atoms with E-state index in [1.54, 1.807) is 0 Å². The molecule has 0 atom stereocenters. The third-order valence-corrected chi connectivity index (χ3v) is 0. The molecule has 0 aromatic heterocycles. The van der Waals surface area contributed by atoms with Gasteiger partial charge in [-0.05, 0) is 0 Å². The van der Waals surface area contributed by atoms with E-state index in [0.29, 0.717) is 0 Å². The molecule has 7 nitrogen and oxygen atoms in total. The standard InChI is InChI=1S/7CH3NS2.Mo.H6P/c7*2-1(3)4;;/h7*(H3,2,3,4);;1H6/q;;;;;;;+4;+3/p-7. The van der Waals surface area contributed by atoms with Crippen LogP contribution < -0.4 is 40.1 Å². The van der Waals surface area contributed by atoms with E-state index in [2.05, 4.69) is 214 Å². The Labute approximate surface area is 271 Å². The van der Waals surface area contributed by atoms with Crippen molar-refractivity contribution in [1.82, 2.24) is 0 Å². The van der Waals surface area contributed by atoms with Crippen LogP contribution in [0.4, 0.5) is 0 Å². The fraction of sp³-hybridized carbons (Fsp3) is 0. The number of hydrogen-bond acceptors (Lipinski definition) is 14. The van der Waals surface area contributed by atoms with Crippen molar-refractivity contribution in [2.24, 2.45) is 40.1 Å². The zero-order chi connectivity index (χ0) is 25.0. The van der Waals surface area contributed by atoms with Crippen LogP contribution in [0.1, 0.15) is 0 Å². The van der Waals surface area contributed by atoms with Crippen molar-refractivity contribution in [2.45, 2.75) is 0 Å². The van der Waals surface area contributed by atoms with E-state index in [0.717, 1.165) is 0 Å². The van der Waals surface area contributed by atoms with Gasteiger partial charge < -0.3 is 214 Å². The van der Waals surface area contributed by atoms with Crippen molar-refractivity contribution in [3.8, 4) is 0 Å². The van der Waals surface area contributed by atoms with Crippen LogP contribution in [-0.4, -0.2) is 30.2 Å². The minimum absolute atomic E-state index is 0. The molecule has 0 saturated carbocycles. The van der Waals surface area contributed by atoms with Crippen LogP contribution in [0, 0.1) is 0 Å². The molecule has 0 heterocycles. The fourth-order valence-corrected chi connectivity index (χ4v) is 0. The molecule has 0 amide bonds. The first-order valence-electron chi connectivity index (χ1n) is 4.88. The third kappa shape index (κ3) is 7000. The summed E-state index contributed by atoms with van der Waals surface area (Å²) >= 11 is 57.8. The van der Waals surface area contributed by atoms with Crippen molar-refractivity contribution in [3.63, 3.8) is 0 Å². The largest absolute Gasteiger partial charge is 4.00 e. The summed E-state index contributed by atoms with van der Waals surface area (Å²) in [4.78, 5) is 0. The second-order valence-corrected chi connectivity index (χ2v) is 10.2. The van der Waals surface area contributed by atoms with Crippen LogP contribution in [-0.2, 0) is 109 Å². The van der Waals surface area contributed by atoms with E-state index in [-0.39, 0.29) is 61.2 Å². The summed E-state index contributed by atoms with van der Waals surface area (Å²) < 4.78 is 0.583. The molecule has 0 unspecified atom stereocenters. The fourth-order valence-electron chi connectivity index (χ4n) is 0. The molecule has 0 bridgehead atoms. The zero-order valence-electron chi connectivity index (χ0n) is 13.7. The van der Waals surface area contributed by atoms with Gasteiger partial charge in [0.05, 0.1) is 0 Å². The smallest absolute Gasteiger partial charge is 0.415 e. The Bertz CT molecular complexity index is 334. The monoisotopic (exact) mass is 779 g/mol. The van der Waals surface area contributed by atoms with Crippen LogP contribution in [0.2, 0.25) is 0 Å². The molecule has 0 fully saturated rings. The Morgan fingerprint density at radius 1 is 0.333 bits per heavy atom. The van der Waals surface area contributed by atoms with Crippen molar-refractivity contribution in [1.29, 1.82) is 0 Å². The zero-order valence-corrected chi connectivity index (χ0v) is 27.1. The maximum Gasteiger partial charge on any atom is 4.00 e.